The number of carbonyl (C=O) groups is 1. The Balaban J connectivity index is 1.79. The number of carbonyl (C=O) groups excluding carboxylic acids is 1. The van der Waals surface area contributed by atoms with Crippen molar-refractivity contribution in [2.45, 2.75) is 13.5 Å². The van der Waals surface area contributed by atoms with E-state index in [0.717, 1.165) is 22.3 Å². The molecular formula is C24H19ClN2O2. The number of benzene rings is 3. The molecule has 0 aromatic heterocycles. The summed E-state index contributed by atoms with van der Waals surface area (Å²) in [4.78, 5) is 11.2. The number of nitriles is 1. The van der Waals surface area contributed by atoms with Gasteiger partial charge in [-0.2, -0.15) is 5.26 Å². The van der Waals surface area contributed by atoms with E-state index in [9.17, 15) is 4.79 Å². The Hall–Kier alpha value is -3.55. The fraction of sp³-hybridized carbons (Fsp3) is 0.0833. The molecule has 3 aromatic carbocycles. The van der Waals surface area contributed by atoms with E-state index in [1.54, 1.807) is 24.3 Å². The van der Waals surface area contributed by atoms with Gasteiger partial charge in [-0.25, -0.2) is 0 Å². The van der Waals surface area contributed by atoms with Crippen molar-refractivity contribution in [2.24, 2.45) is 5.73 Å². The molecule has 2 N–H and O–H groups in total. The van der Waals surface area contributed by atoms with Gasteiger partial charge in [-0.3, -0.25) is 4.79 Å². The first kappa shape index (κ1) is 20.2. The lowest BCUT2D eigenvalue weighted by molar-refractivity contribution is -0.114. The second kappa shape index (κ2) is 9.09. The van der Waals surface area contributed by atoms with Gasteiger partial charge in [0.1, 0.15) is 24.0 Å². The molecule has 0 heterocycles. The molecule has 0 atom stereocenters. The number of hydrogen-bond acceptors (Lipinski definition) is 3. The summed E-state index contributed by atoms with van der Waals surface area (Å²) < 4.78 is 5.92. The molecule has 0 unspecified atom stereocenters. The minimum Gasteiger partial charge on any atom is -0.487 e. The molecule has 1 amide bonds. The summed E-state index contributed by atoms with van der Waals surface area (Å²) in [5, 5.41) is 9.33. The number of primary amides is 1. The van der Waals surface area contributed by atoms with Gasteiger partial charge in [0.15, 0.2) is 0 Å². The maximum Gasteiger partial charge on any atom is 0.259 e. The quantitative estimate of drug-likeness (QED) is 0.449. The van der Waals surface area contributed by atoms with Crippen LogP contribution in [0.15, 0.2) is 72.3 Å². The zero-order valence-electron chi connectivity index (χ0n) is 15.9. The molecule has 0 radical (unpaired) electrons. The number of nitrogens with zero attached hydrogens (tertiary/aromatic N) is 1. The first-order chi connectivity index (χ1) is 14.0. The number of nitrogens with two attached hydrogens (primary N) is 1. The van der Waals surface area contributed by atoms with Crippen LogP contribution in [0.2, 0.25) is 5.02 Å². The van der Waals surface area contributed by atoms with Gasteiger partial charge in [0.25, 0.3) is 5.91 Å². The van der Waals surface area contributed by atoms with Crippen molar-refractivity contribution in [3.05, 3.63) is 94.0 Å². The molecule has 0 aliphatic carbocycles. The van der Waals surface area contributed by atoms with Gasteiger partial charge >= 0.3 is 0 Å². The molecule has 144 valence electrons. The molecule has 0 spiro atoms. The van der Waals surface area contributed by atoms with Crippen LogP contribution in [0.4, 0.5) is 0 Å². The highest BCUT2D eigenvalue weighted by Gasteiger charge is 2.09. The zero-order valence-corrected chi connectivity index (χ0v) is 16.6. The minimum absolute atomic E-state index is 0.136. The molecule has 4 nitrogen and oxygen atoms in total. The van der Waals surface area contributed by atoms with Crippen LogP contribution in [-0.4, -0.2) is 5.91 Å². The lowest BCUT2D eigenvalue weighted by Crippen LogP contribution is -2.12. The summed E-state index contributed by atoms with van der Waals surface area (Å²) in [6, 6.07) is 23.1. The minimum atomic E-state index is -0.780. The molecule has 0 fully saturated rings. The van der Waals surface area contributed by atoms with E-state index in [-0.39, 0.29) is 5.57 Å². The number of halogens is 1. The summed E-state index contributed by atoms with van der Waals surface area (Å²) in [5.74, 6) is -0.261. The first-order valence-electron chi connectivity index (χ1n) is 8.97. The highest BCUT2D eigenvalue weighted by molar-refractivity contribution is 6.32. The van der Waals surface area contributed by atoms with Crippen LogP contribution in [0.1, 0.15) is 16.7 Å². The Bertz CT molecular complexity index is 1120. The maximum absolute atomic E-state index is 11.2. The normalized spacial score (nSPS) is 11.0. The third-order valence-electron chi connectivity index (χ3n) is 4.57. The molecular weight excluding hydrogens is 384 g/mol. The average molecular weight is 403 g/mol. The SMILES string of the molecule is Cc1c(COc2ccc(C=C(C#N)C(N)=O)cc2Cl)cccc1-c1ccccc1. The highest BCUT2D eigenvalue weighted by Crippen LogP contribution is 2.29. The van der Waals surface area contributed by atoms with Gasteiger partial charge in [-0.05, 0) is 52.9 Å². The monoisotopic (exact) mass is 402 g/mol. The Labute approximate surface area is 174 Å². The van der Waals surface area contributed by atoms with Crippen molar-refractivity contribution in [2.75, 3.05) is 0 Å². The Morgan fingerprint density at radius 1 is 1.14 bits per heavy atom. The van der Waals surface area contributed by atoms with Crippen molar-refractivity contribution >= 4 is 23.6 Å². The largest absolute Gasteiger partial charge is 0.487 e. The van der Waals surface area contributed by atoms with Crippen LogP contribution in [0, 0.1) is 18.3 Å². The molecule has 0 saturated heterocycles. The second-order valence-electron chi connectivity index (χ2n) is 6.47. The van der Waals surface area contributed by atoms with Gasteiger partial charge in [-0.1, -0.05) is 66.2 Å². The van der Waals surface area contributed by atoms with Crippen molar-refractivity contribution in [3.63, 3.8) is 0 Å². The molecule has 0 bridgehead atoms. The van der Waals surface area contributed by atoms with Crippen LogP contribution >= 0.6 is 11.6 Å². The number of rotatable bonds is 6. The van der Waals surface area contributed by atoms with Crippen LogP contribution in [0.25, 0.3) is 17.2 Å². The van der Waals surface area contributed by atoms with Gasteiger partial charge in [-0.15, -0.1) is 0 Å². The van der Waals surface area contributed by atoms with Crippen molar-refractivity contribution in [3.8, 4) is 22.9 Å². The van der Waals surface area contributed by atoms with Gasteiger partial charge in [0.2, 0.25) is 0 Å². The lowest BCUT2D eigenvalue weighted by atomic mass is 9.97. The van der Waals surface area contributed by atoms with Crippen LogP contribution in [0.3, 0.4) is 0 Å². The van der Waals surface area contributed by atoms with E-state index in [1.807, 2.05) is 30.3 Å². The molecule has 0 aliphatic heterocycles. The summed E-state index contributed by atoms with van der Waals surface area (Å²) in [6.45, 7) is 2.44. The molecule has 0 saturated carbocycles. The molecule has 29 heavy (non-hydrogen) atoms. The molecule has 0 aliphatic rings. The Morgan fingerprint density at radius 3 is 2.55 bits per heavy atom. The zero-order chi connectivity index (χ0) is 20.8. The van der Waals surface area contributed by atoms with E-state index in [1.165, 1.54) is 6.08 Å². The van der Waals surface area contributed by atoms with Crippen LogP contribution < -0.4 is 10.5 Å². The predicted molar refractivity (Wildman–Crippen MR) is 115 cm³/mol. The third kappa shape index (κ3) is 4.84. The van der Waals surface area contributed by atoms with E-state index in [2.05, 4.69) is 25.1 Å². The Kier molecular flexibility index (Phi) is 6.33. The Morgan fingerprint density at radius 2 is 1.90 bits per heavy atom. The summed E-state index contributed by atoms with van der Waals surface area (Å²) in [6.07, 6.45) is 1.39. The number of ether oxygens (including phenoxy) is 1. The second-order valence-corrected chi connectivity index (χ2v) is 6.88. The van der Waals surface area contributed by atoms with Crippen molar-refractivity contribution < 1.29 is 9.53 Å². The van der Waals surface area contributed by atoms with E-state index in [4.69, 9.17) is 27.3 Å². The van der Waals surface area contributed by atoms with Crippen molar-refractivity contribution in [1.82, 2.24) is 0 Å². The number of amides is 1. The number of hydrogen-bond donors (Lipinski definition) is 1. The van der Waals surface area contributed by atoms with E-state index >= 15 is 0 Å². The van der Waals surface area contributed by atoms with Crippen molar-refractivity contribution in [1.29, 1.82) is 5.26 Å². The topological polar surface area (TPSA) is 76.1 Å². The van der Waals surface area contributed by atoms with Crippen LogP contribution in [-0.2, 0) is 11.4 Å². The summed E-state index contributed by atoms with van der Waals surface area (Å²) >= 11 is 6.32. The van der Waals surface area contributed by atoms with E-state index in [0.29, 0.717) is 22.9 Å². The average Bonchev–Trinajstić information content (AvgIpc) is 2.72. The fourth-order valence-corrected chi connectivity index (χ4v) is 3.22. The fourth-order valence-electron chi connectivity index (χ4n) is 2.97. The van der Waals surface area contributed by atoms with Gasteiger partial charge < -0.3 is 10.5 Å². The maximum atomic E-state index is 11.2. The first-order valence-corrected chi connectivity index (χ1v) is 9.35. The lowest BCUT2D eigenvalue weighted by Gasteiger charge is -2.14. The molecule has 3 aromatic rings. The molecule has 3 rings (SSSR count). The highest BCUT2D eigenvalue weighted by atomic mass is 35.5. The van der Waals surface area contributed by atoms with Gasteiger partial charge in [0, 0.05) is 0 Å². The summed E-state index contributed by atoms with van der Waals surface area (Å²) in [7, 11) is 0. The van der Waals surface area contributed by atoms with E-state index < -0.39 is 5.91 Å². The standard InChI is InChI=1S/C24H19ClN2O2/c1-16-19(8-5-9-21(16)18-6-3-2-4-7-18)15-29-23-11-10-17(13-22(23)25)12-20(14-26)24(27)28/h2-13H,15H2,1H3,(H2,27,28). The predicted octanol–water partition coefficient (Wildman–Crippen LogP) is 5.29. The van der Waals surface area contributed by atoms with Crippen LogP contribution in [0.5, 0.6) is 5.75 Å². The van der Waals surface area contributed by atoms with Gasteiger partial charge in [0.05, 0.1) is 5.02 Å². The third-order valence-corrected chi connectivity index (χ3v) is 4.86. The smallest absolute Gasteiger partial charge is 0.259 e. The molecule has 5 heteroatoms. The summed E-state index contributed by atoms with van der Waals surface area (Å²) in [5.41, 5.74) is 10.1.